The van der Waals surface area contributed by atoms with Gasteiger partial charge in [0, 0.05) is 17.7 Å². The van der Waals surface area contributed by atoms with E-state index in [4.69, 9.17) is 30.5 Å². The Bertz CT molecular complexity index is 1450. The van der Waals surface area contributed by atoms with Crippen LogP contribution in [0.25, 0.3) is 0 Å². The first-order valence-corrected chi connectivity index (χ1v) is 13.3. The Kier molecular flexibility index (Phi) is 7.98. The summed E-state index contributed by atoms with van der Waals surface area (Å²) < 4.78 is 78.6. The summed E-state index contributed by atoms with van der Waals surface area (Å²) in [6, 6.07) is 10.6. The van der Waals surface area contributed by atoms with Crippen LogP contribution in [0.15, 0.2) is 59.5 Å². The summed E-state index contributed by atoms with van der Waals surface area (Å²) in [5.74, 6) is -2.07. The summed E-state index contributed by atoms with van der Waals surface area (Å²) >= 11 is 6.08. The van der Waals surface area contributed by atoms with Gasteiger partial charge < -0.3 is 18.9 Å². The third kappa shape index (κ3) is 5.21. The minimum absolute atomic E-state index is 0.0541. The maximum Gasteiger partial charge on any atom is 0.349 e. The third-order valence-corrected chi connectivity index (χ3v) is 8.12. The maximum absolute atomic E-state index is 14.2. The number of rotatable bonds is 8. The molecule has 3 aromatic carbocycles. The van der Waals surface area contributed by atoms with Crippen LogP contribution in [0.2, 0.25) is 5.02 Å². The van der Waals surface area contributed by atoms with Gasteiger partial charge in [-0.3, -0.25) is 4.31 Å². The quantitative estimate of drug-likeness (QED) is 0.349. The van der Waals surface area contributed by atoms with Gasteiger partial charge in [0.05, 0.1) is 35.4 Å². The molecule has 0 N–H and O–H groups in total. The van der Waals surface area contributed by atoms with Crippen LogP contribution in [0, 0.1) is 11.6 Å². The minimum Gasteiger partial charge on any atom is -0.494 e. The van der Waals surface area contributed by atoms with E-state index in [0.717, 1.165) is 22.5 Å². The predicted octanol–water partition coefficient (Wildman–Crippen LogP) is 5.11. The zero-order valence-corrected chi connectivity index (χ0v) is 22.2. The number of carbonyl (C=O) groups is 1. The number of carbonyl (C=O) groups excluding carboxylic acids is 1. The number of esters is 1. The van der Waals surface area contributed by atoms with Gasteiger partial charge in [-0.2, -0.15) is 0 Å². The number of benzene rings is 3. The van der Waals surface area contributed by atoms with Crippen LogP contribution in [-0.2, 0) is 26.2 Å². The summed E-state index contributed by atoms with van der Waals surface area (Å²) in [6.07, 6.45) is -1.29. The minimum atomic E-state index is -4.39. The Hall–Kier alpha value is -3.57. The number of methoxy groups -OCH3 is 1. The van der Waals surface area contributed by atoms with E-state index >= 15 is 0 Å². The highest BCUT2D eigenvalue weighted by molar-refractivity contribution is 7.92. The van der Waals surface area contributed by atoms with Gasteiger partial charge in [0.25, 0.3) is 10.0 Å². The number of halogens is 3. The molecule has 0 bridgehead atoms. The van der Waals surface area contributed by atoms with Gasteiger partial charge >= 0.3 is 5.97 Å². The fourth-order valence-electron chi connectivity index (χ4n) is 3.99. The molecular weight excluding hydrogens is 544 g/mol. The number of sulfonamides is 1. The molecule has 0 spiro atoms. The third-order valence-electron chi connectivity index (χ3n) is 5.87. The first-order chi connectivity index (χ1) is 18.1. The van der Waals surface area contributed by atoms with Crippen LogP contribution >= 0.6 is 11.6 Å². The molecule has 0 radical (unpaired) electrons. The molecule has 2 atom stereocenters. The van der Waals surface area contributed by atoms with Crippen molar-refractivity contribution in [3.63, 3.8) is 0 Å². The normalized spacial score (nSPS) is 16.8. The molecule has 1 aliphatic heterocycles. The lowest BCUT2D eigenvalue weighted by Gasteiger charge is -2.39. The lowest BCUT2D eigenvalue weighted by atomic mass is 10.1. The molecule has 0 aliphatic carbocycles. The topological polar surface area (TPSA) is 91.4 Å². The fraction of sp³-hybridized carbons (Fsp3) is 0.269. The Balaban J connectivity index is 1.78. The lowest BCUT2D eigenvalue weighted by molar-refractivity contribution is -0.152. The van der Waals surface area contributed by atoms with E-state index in [2.05, 4.69) is 0 Å². The highest BCUT2D eigenvalue weighted by atomic mass is 35.5. The summed E-state index contributed by atoms with van der Waals surface area (Å²) in [5, 5.41) is 0.173. The van der Waals surface area contributed by atoms with Crippen molar-refractivity contribution in [2.45, 2.75) is 37.5 Å². The second kappa shape index (κ2) is 11.0. The van der Waals surface area contributed by atoms with E-state index < -0.39 is 39.8 Å². The number of fused-ring (bicyclic) bond motifs is 1. The van der Waals surface area contributed by atoms with Crippen LogP contribution in [0.4, 0.5) is 14.5 Å². The van der Waals surface area contributed by atoms with Gasteiger partial charge in [-0.15, -0.1) is 0 Å². The standard InChI is InChI=1S/C26H24ClF2NO7S/c1-4-35-26(31)25-15(2)30(38(32,33)17-9-10-21(29)24(13-17)34-3)22-12-16(8-11-23(22)37-25)36-14-18-19(27)6-5-7-20(18)28/h5-13,15,25H,4,14H2,1-3H3/t15-,25-/m1/s1. The second-order valence-corrected chi connectivity index (χ2v) is 10.5. The summed E-state index contributed by atoms with van der Waals surface area (Å²) in [7, 11) is -3.18. The molecule has 0 unspecified atom stereocenters. The highest BCUT2D eigenvalue weighted by Gasteiger charge is 2.44. The van der Waals surface area contributed by atoms with Crippen molar-refractivity contribution >= 4 is 33.3 Å². The molecule has 3 aromatic rings. The molecule has 0 fully saturated rings. The van der Waals surface area contributed by atoms with E-state index in [9.17, 15) is 22.0 Å². The SMILES string of the molecule is CCOC(=O)[C@@H]1Oc2ccc(OCc3c(F)cccc3Cl)cc2N(S(=O)(=O)c2ccc(F)c(OC)c2)[C@@H]1C. The van der Waals surface area contributed by atoms with Crippen molar-refractivity contribution in [3.8, 4) is 17.2 Å². The Morgan fingerprint density at radius 2 is 1.87 bits per heavy atom. The number of hydrogen-bond donors (Lipinski definition) is 0. The molecule has 38 heavy (non-hydrogen) atoms. The summed E-state index contributed by atoms with van der Waals surface area (Å²) in [5.41, 5.74) is 0.181. The van der Waals surface area contributed by atoms with Crippen molar-refractivity contribution < 1.29 is 40.9 Å². The Labute approximate surface area is 223 Å². The van der Waals surface area contributed by atoms with Gasteiger partial charge in [0.1, 0.15) is 23.9 Å². The van der Waals surface area contributed by atoms with E-state index in [0.29, 0.717) is 0 Å². The fourth-order valence-corrected chi connectivity index (χ4v) is 5.88. The van der Waals surface area contributed by atoms with Crippen LogP contribution in [-0.4, -0.2) is 40.2 Å². The van der Waals surface area contributed by atoms with Crippen molar-refractivity contribution in [1.29, 1.82) is 0 Å². The first kappa shape index (κ1) is 27.5. The van der Waals surface area contributed by atoms with Gasteiger partial charge in [-0.1, -0.05) is 17.7 Å². The van der Waals surface area contributed by atoms with Gasteiger partial charge in [-0.05, 0) is 50.2 Å². The van der Waals surface area contributed by atoms with Crippen molar-refractivity contribution in [2.75, 3.05) is 18.0 Å². The number of nitrogens with zero attached hydrogens (tertiary/aromatic N) is 1. The van der Waals surface area contributed by atoms with Crippen molar-refractivity contribution in [1.82, 2.24) is 0 Å². The maximum atomic E-state index is 14.2. The smallest absolute Gasteiger partial charge is 0.349 e. The molecule has 0 aromatic heterocycles. The lowest BCUT2D eigenvalue weighted by Crippen LogP contribution is -2.54. The van der Waals surface area contributed by atoms with Gasteiger partial charge in [-0.25, -0.2) is 22.0 Å². The van der Waals surface area contributed by atoms with Gasteiger partial charge in [0.15, 0.2) is 11.6 Å². The van der Waals surface area contributed by atoms with Crippen molar-refractivity contribution in [3.05, 3.63) is 76.8 Å². The second-order valence-electron chi connectivity index (χ2n) is 8.25. The summed E-state index contributed by atoms with van der Waals surface area (Å²) in [6.45, 7) is 2.93. The van der Waals surface area contributed by atoms with Crippen LogP contribution in [0.5, 0.6) is 17.2 Å². The number of ether oxygens (including phenoxy) is 4. The molecule has 1 aliphatic rings. The van der Waals surface area contributed by atoms with E-state index in [1.807, 2.05) is 0 Å². The van der Waals surface area contributed by atoms with Crippen LogP contribution < -0.4 is 18.5 Å². The molecule has 12 heteroatoms. The van der Waals surface area contributed by atoms with Crippen molar-refractivity contribution in [2.24, 2.45) is 0 Å². The molecule has 8 nitrogen and oxygen atoms in total. The average molecular weight is 568 g/mol. The zero-order valence-electron chi connectivity index (χ0n) is 20.6. The molecule has 0 saturated heterocycles. The Morgan fingerprint density at radius 3 is 2.55 bits per heavy atom. The highest BCUT2D eigenvalue weighted by Crippen LogP contribution is 2.43. The first-order valence-electron chi connectivity index (χ1n) is 11.5. The molecule has 4 rings (SSSR count). The Morgan fingerprint density at radius 1 is 1.11 bits per heavy atom. The molecular formula is C26H24ClF2NO7S. The zero-order chi connectivity index (χ0) is 27.6. The molecule has 0 amide bonds. The summed E-state index contributed by atoms with van der Waals surface area (Å²) in [4.78, 5) is 12.4. The van der Waals surface area contributed by atoms with Crippen LogP contribution in [0.1, 0.15) is 19.4 Å². The van der Waals surface area contributed by atoms with E-state index in [1.54, 1.807) is 6.92 Å². The predicted molar refractivity (Wildman–Crippen MR) is 135 cm³/mol. The largest absolute Gasteiger partial charge is 0.494 e. The van der Waals surface area contributed by atoms with Gasteiger partial charge in [0.2, 0.25) is 6.10 Å². The number of anilines is 1. The van der Waals surface area contributed by atoms with Crippen LogP contribution in [0.3, 0.4) is 0 Å². The van der Waals surface area contributed by atoms with E-state index in [1.165, 1.54) is 50.4 Å². The molecule has 202 valence electrons. The monoisotopic (exact) mass is 567 g/mol. The molecule has 0 saturated carbocycles. The number of hydrogen-bond acceptors (Lipinski definition) is 7. The average Bonchev–Trinajstić information content (AvgIpc) is 2.88. The van der Waals surface area contributed by atoms with E-state index in [-0.39, 0.29) is 51.6 Å². The molecule has 1 heterocycles.